The van der Waals surface area contributed by atoms with Crippen molar-refractivity contribution in [3.8, 4) is 0 Å². The zero-order chi connectivity index (χ0) is 9.85. The maximum Gasteiger partial charge on any atom is -0.00835 e. The van der Waals surface area contributed by atoms with E-state index in [4.69, 9.17) is 0 Å². The molecular weight excluding hydrogens is 156 g/mol. The Labute approximate surface area is 81.7 Å². The Balaban J connectivity index is 2.40. The highest BCUT2D eigenvalue weighted by atomic mass is 14.6. The Kier molecular flexibility index (Phi) is 1.59. The molecule has 2 bridgehead atoms. The van der Waals surface area contributed by atoms with E-state index < -0.39 is 0 Å². The quantitative estimate of drug-likeness (QED) is 0.533. The molecule has 3 unspecified atom stereocenters. The minimum absolute atomic E-state index is 0.418. The molecule has 0 amide bonds. The Bertz CT molecular complexity index is 282. The molecule has 0 spiro atoms. The van der Waals surface area contributed by atoms with Gasteiger partial charge in [0.15, 0.2) is 0 Å². The van der Waals surface area contributed by atoms with Gasteiger partial charge in [-0.1, -0.05) is 45.1 Å². The molecule has 0 aliphatic heterocycles. The van der Waals surface area contributed by atoms with Gasteiger partial charge >= 0.3 is 0 Å². The van der Waals surface area contributed by atoms with Crippen molar-refractivity contribution in [2.45, 2.75) is 34.1 Å². The van der Waals surface area contributed by atoms with E-state index in [0.717, 1.165) is 11.8 Å². The van der Waals surface area contributed by atoms with E-state index in [9.17, 15) is 0 Å². The van der Waals surface area contributed by atoms with Crippen LogP contribution in [0.4, 0.5) is 0 Å². The normalized spacial score (nSPS) is 45.5. The van der Waals surface area contributed by atoms with Crippen molar-refractivity contribution in [3.63, 3.8) is 0 Å². The first-order valence-electron chi connectivity index (χ1n) is 5.23. The highest BCUT2D eigenvalue weighted by Crippen LogP contribution is 2.65. The van der Waals surface area contributed by atoms with Gasteiger partial charge in [0.25, 0.3) is 0 Å². The van der Waals surface area contributed by atoms with Gasteiger partial charge in [-0.3, -0.25) is 0 Å². The van der Waals surface area contributed by atoms with Crippen LogP contribution in [-0.2, 0) is 0 Å². The van der Waals surface area contributed by atoms with Gasteiger partial charge in [0.1, 0.15) is 0 Å². The maximum atomic E-state index is 4.12. The third-order valence-electron chi connectivity index (χ3n) is 4.69. The molecule has 13 heavy (non-hydrogen) atoms. The molecule has 0 aromatic rings. The van der Waals surface area contributed by atoms with Crippen LogP contribution in [0.5, 0.6) is 0 Å². The van der Waals surface area contributed by atoms with Crippen LogP contribution in [0, 0.1) is 22.7 Å². The molecule has 2 aliphatic carbocycles. The molecule has 1 fully saturated rings. The first-order chi connectivity index (χ1) is 5.88. The van der Waals surface area contributed by atoms with Crippen molar-refractivity contribution in [1.82, 2.24) is 0 Å². The number of rotatable bonds is 1. The number of hydrogen-bond acceptors (Lipinski definition) is 0. The summed E-state index contributed by atoms with van der Waals surface area (Å²) >= 11 is 0. The first-order valence-corrected chi connectivity index (χ1v) is 5.23. The number of fused-ring (bicyclic) bond motifs is 2. The van der Waals surface area contributed by atoms with Crippen molar-refractivity contribution >= 4 is 0 Å². The largest absolute Gasteiger partial charge is 0.0998 e. The summed E-state index contributed by atoms with van der Waals surface area (Å²) in [5, 5.41) is 0. The van der Waals surface area contributed by atoms with Gasteiger partial charge in [-0.15, -0.1) is 0 Å². The van der Waals surface area contributed by atoms with Gasteiger partial charge in [-0.2, -0.15) is 0 Å². The van der Waals surface area contributed by atoms with E-state index in [1.165, 1.54) is 12.0 Å². The fraction of sp³-hybridized carbons (Fsp3) is 0.692. The van der Waals surface area contributed by atoms with E-state index in [2.05, 4.69) is 46.4 Å². The van der Waals surface area contributed by atoms with E-state index in [1.807, 2.05) is 0 Å². The maximum absolute atomic E-state index is 4.12. The Morgan fingerprint density at radius 1 is 1.38 bits per heavy atom. The number of hydrogen-bond donors (Lipinski definition) is 0. The predicted octanol–water partition coefficient (Wildman–Crippen LogP) is 3.80. The zero-order valence-electron chi connectivity index (χ0n) is 9.22. The van der Waals surface area contributed by atoms with Crippen LogP contribution in [0.25, 0.3) is 0 Å². The first kappa shape index (κ1) is 9.05. The lowest BCUT2D eigenvalue weighted by atomic mass is 9.70. The third kappa shape index (κ3) is 0.920. The standard InChI is InChI=1S/C13H20/c1-9(2)10-8-13(5)7-6-11(10)12(13,3)4/h6-7,10-11H,1,8H2,2-5H3. The molecule has 0 radical (unpaired) electrons. The fourth-order valence-electron chi connectivity index (χ4n) is 3.18. The summed E-state index contributed by atoms with van der Waals surface area (Å²) in [6, 6.07) is 0. The van der Waals surface area contributed by atoms with Crippen molar-refractivity contribution in [2.75, 3.05) is 0 Å². The van der Waals surface area contributed by atoms with Gasteiger partial charge in [-0.25, -0.2) is 0 Å². The van der Waals surface area contributed by atoms with Crippen LogP contribution in [0.2, 0.25) is 0 Å². The monoisotopic (exact) mass is 176 g/mol. The van der Waals surface area contributed by atoms with Crippen LogP contribution in [0.15, 0.2) is 24.3 Å². The average molecular weight is 176 g/mol. The molecule has 2 rings (SSSR count). The van der Waals surface area contributed by atoms with Crippen LogP contribution < -0.4 is 0 Å². The van der Waals surface area contributed by atoms with Gasteiger partial charge in [0.2, 0.25) is 0 Å². The molecular formula is C13H20. The van der Waals surface area contributed by atoms with Gasteiger partial charge in [0, 0.05) is 0 Å². The lowest BCUT2D eigenvalue weighted by molar-refractivity contribution is 0.180. The summed E-state index contributed by atoms with van der Waals surface area (Å²) in [6.45, 7) is 13.5. The highest BCUT2D eigenvalue weighted by Gasteiger charge is 2.57. The Hall–Kier alpha value is -0.520. The van der Waals surface area contributed by atoms with Gasteiger partial charge in [-0.05, 0) is 36.0 Å². The molecule has 0 saturated heterocycles. The summed E-state index contributed by atoms with van der Waals surface area (Å²) < 4.78 is 0. The molecule has 0 N–H and O–H groups in total. The molecule has 0 heteroatoms. The molecule has 0 aromatic carbocycles. The second-order valence-electron chi connectivity index (χ2n) is 5.68. The molecule has 3 atom stereocenters. The topological polar surface area (TPSA) is 0 Å². The fourth-order valence-corrected chi connectivity index (χ4v) is 3.18. The molecule has 2 aliphatic rings. The Morgan fingerprint density at radius 3 is 2.23 bits per heavy atom. The SMILES string of the molecule is C=C(C)C1CC2(C)C=CC1C2(C)C. The van der Waals surface area contributed by atoms with Crippen molar-refractivity contribution < 1.29 is 0 Å². The average Bonchev–Trinajstić information content (AvgIpc) is 2.34. The third-order valence-corrected chi connectivity index (χ3v) is 4.69. The summed E-state index contributed by atoms with van der Waals surface area (Å²) in [7, 11) is 0. The molecule has 72 valence electrons. The summed E-state index contributed by atoms with van der Waals surface area (Å²) in [5.41, 5.74) is 2.23. The van der Waals surface area contributed by atoms with E-state index in [0.29, 0.717) is 10.8 Å². The Morgan fingerprint density at radius 2 is 2.00 bits per heavy atom. The van der Waals surface area contributed by atoms with Gasteiger partial charge in [0.05, 0.1) is 0 Å². The number of allylic oxidation sites excluding steroid dienone is 3. The van der Waals surface area contributed by atoms with Crippen LogP contribution >= 0.6 is 0 Å². The second-order valence-corrected chi connectivity index (χ2v) is 5.68. The van der Waals surface area contributed by atoms with Crippen LogP contribution in [0.3, 0.4) is 0 Å². The molecule has 1 saturated carbocycles. The van der Waals surface area contributed by atoms with Gasteiger partial charge < -0.3 is 0 Å². The summed E-state index contributed by atoms with van der Waals surface area (Å²) in [5.74, 6) is 1.46. The summed E-state index contributed by atoms with van der Waals surface area (Å²) in [6.07, 6.45) is 6.15. The molecule has 0 heterocycles. The minimum atomic E-state index is 0.418. The van der Waals surface area contributed by atoms with E-state index >= 15 is 0 Å². The van der Waals surface area contributed by atoms with Crippen LogP contribution in [-0.4, -0.2) is 0 Å². The molecule has 0 aromatic heterocycles. The predicted molar refractivity (Wildman–Crippen MR) is 57.4 cm³/mol. The smallest absolute Gasteiger partial charge is 0.00835 e. The molecule has 0 nitrogen and oxygen atoms in total. The lowest BCUT2D eigenvalue weighted by Gasteiger charge is -2.33. The summed E-state index contributed by atoms with van der Waals surface area (Å²) in [4.78, 5) is 0. The zero-order valence-corrected chi connectivity index (χ0v) is 9.22. The lowest BCUT2D eigenvalue weighted by Crippen LogP contribution is -2.27. The highest BCUT2D eigenvalue weighted by molar-refractivity contribution is 5.28. The van der Waals surface area contributed by atoms with Crippen molar-refractivity contribution in [2.24, 2.45) is 22.7 Å². The minimum Gasteiger partial charge on any atom is -0.0998 e. The van der Waals surface area contributed by atoms with E-state index in [1.54, 1.807) is 0 Å². The van der Waals surface area contributed by atoms with Crippen molar-refractivity contribution in [3.05, 3.63) is 24.3 Å². The van der Waals surface area contributed by atoms with Crippen LogP contribution in [0.1, 0.15) is 34.1 Å². The second kappa shape index (κ2) is 2.29. The van der Waals surface area contributed by atoms with E-state index in [-0.39, 0.29) is 0 Å². The van der Waals surface area contributed by atoms with Crippen molar-refractivity contribution in [1.29, 1.82) is 0 Å².